The molecule has 0 bridgehead atoms. The molecular formula is C14H13F3N2O2S2. The Morgan fingerprint density at radius 2 is 2.22 bits per heavy atom. The summed E-state index contributed by atoms with van der Waals surface area (Å²) in [7, 11) is 0. The molecule has 2 atom stereocenters. The zero-order valence-corrected chi connectivity index (χ0v) is 13.4. The van der Waals surface area contributed by atoms with Crippen LogP contribution in [0, 0.1) is 11.8 Å². The maximum absolute atomic E-state index is 13.0. The average Bonchev–Trinajstić information content (AvgIpc) is 3.17. The summed E-state index contributed by atoms with van der Waals surface area (Å²) >= 11 is 2.97. The van der Waals surface area contributed by atoms with E-state index in [0.717, 1.165) is 14.8 Å². The van der Waals surface area contributed by atoms with E-state index in [9.17, 15) is 18.0 Å². The first kappa shape index (κ1) is 16.4. The van der Waals surface area contributed by atoms with Crippen LogP contribution >= 0.6 is 22.7 Å². The topological polar surface area (TPSA) is 53.4 Å². The van der Waals surface area contributed by atoms with E-state index in [1.165, 1.54) is 11.3 Å². The van der Waals surface area contributed by atoms with Crippen molar-refractivity contribution in [2.45, 2.75) is 12.7 Å². The fourth-order valence-corrected chi connectivity index (χ4v) is 4.47. The number of thiazole rings is 1. The molecule has 1 saturated heterocycles. The van der Waals surface area contributed by atoms with Crippen LogP contribution in [0.1, 0.15) is 4.88 Å². The second-order valence-corrected chi connectivity index (χ2v) is 7.46. The minimum absolute atomic E-state index is 0.0915. The first-order valence-electron chi connectivity index (χ1n) is 6.85. The van der Waals surface area contributed by atoms with Gasteiger partial charge in [0, 0.05) is 30.7 Å². The van der Waals surface area contributed by atoms with Gasteiger partial charge in [0.2, 0.25) is 0 Å². The molecule has 0 unspecified atom stereocenters. The number of thiophene rings is 1. The highest BCUT2D eigenvalue weighted by Gasteiger charge is 2.52. The van der Waals surface area contributed by atoms with Crippen LogP contribution < -0.4 is 0 Å². The molecule has 2 aromatic rings. The summed E-state index contributed by atoms with van der Waals surface area (Å²) in [5.41, 5.74) is 0. The number of hydrogen-bond donors (Lipinski definition) is 1. The van der Waals surface area contributed by atoms with Crippen LogP contribution in [0.3, 0.4) is 0 Å². The summed E-state index contributed by atoms with van der Waals surface area (Å²) in [6.07, 6.45) is -2.84. The van der Waals surface area contributed by atoms with Crippen molar-refractivity contribution in [3.8, 4) is 9.88 Å². The van der Waals surface area contributed by atoms with Gasteiger partial charge in [-0.2, -0.15) is 13.2 Å². The van der Waals surface area contributed by atoms with Crippen molar-refractivity contribution >= 4 is 28.6 Å². The number of carboxylic acid groups (broad SMARTS) is 1. The van der Waals surface area contributed by atoms with E-state index >= 15 is 0 Å². The number of nitrogens with zero attached hydrogens (tertiary/aromatic N) is 2. The van der Waals surface area contributed by atoms with Crippen LogP contribution in [0.2, 0.25) is 0 Å². The number of likely N-dealkylation sites (tertiary alicyclic amines) is 1. The van der Waals surface area contributed by atoms with E-state index in [1.54, 1.807) is 22.4 Å². The van der Waals surface area contributed by atoms with E-state index in [2.05, 4.69) is 4.98 Å². The lowest BCUT2D eigenvalue weighted by atomic mass is 9.96. The highest BCUT2D eigenvalue weighted by Crippen LogP contribution is 2.38. The second kappa shape index (κ2) is 6.21. The molecule has 3 heterocycles. The zero-order valence-electron chi connectivity index (χ0n) is 11.8. The van der Waals surface area contributed by atoms with Crippen molar-refractivity contribution in [2.24, 2.45) is 11.8 Å². The Hall–Kier alpha value is -1.45. The minimum atomic E-state index is -4.49. The number of carbonyl (C=O) groups is 1. The van der Waals surface area contributed by atoms with Crippen LogP contribution in [0.25, 0.3) is 9.88 Å². The largest absolute Gasteiger partial charge is 0.481 e. The molecule has 0 aromatic carbocycles. The van der Waals surface area contributed by atoms with Crippen LogP contribution in [-0.4, -0.2) is 40.2 Å². The minimum Gasteiger partial charge on any atom is -0.481 e. The monoisotopic (exact) mass is 362 g/mol. The third-order valence-corrected chi connectivity index (χ3v) is 5.82. The third-order valence-electron chi connectivity index (χ3n) is 3.80. The standard InChI is InChI=1S/C14H13F3N2O2S2/c15-14(16,17)10-7-19(6-9(10)13(20)21)5-8-4-18-12(23-8)11-2-1-3-22-11/h1-4,9-10H,5-7H2,(H,20,21)/t9-,10-/m1/s1. The molecule has 3 rings (SSSR count). The molecule has 0 aliphatic carbocycles. The first-order chi connectivity index (χ1) is 10.8. The number of carboxylic acids is 1. The quantitative estimate of drug-likeness (QED) is 0.904. The van der Waals surface area contributed by atoms with Gasteiger partial charge in [-0.25, -0.2) is 4.98 Å². The average molecular weight is 362 g/mol. The van der Waals surface area contributed by atoms with Gasteiger partial charge in [-0.1, -0.05) is 6.07 Å². The van der Waals surface area contributed by atoms with Crippen molar-refractivity contribution in [3.63, 3.8) is 0 Å². The van der Waals surface area contributed by atoms with E-state index in [-0.39, 0.29) is 13.1 Å². The highest BCUT2D eigenvalue weighted by molar-refractivity contribution is 7.20. The third kappa shape index (κ3) is 3.56. The lowest BCUT2D eigenvalue weighted by Gasteiger charge is -2.18. The molecule has 124 valence electrons. The number of halogens is 3. The predicted octanol–water partition coefficient (Wildman–Crippen LogP) is 3.57. The molecule has 1 aliphatic heterocycles. The van der Waals surface area contributed by atoms with Gasteiger partial charge >= 0.3 is 12.1 Å². The summed E-state index contributed by atoms with van der Waals surface area (Å²) in [6, 6.07) is 3.84. The lowest BCUT2D eigenvalue weighted by molar-refractivity contribution is -0.188. The Labute approximate surface area is 138 Å². The second-order valence-electron chi connectivity index (χ2n) is 5.40. The van der Waals surface area contributed by atoms with Gasteiger partial charge in [0.05, 0.1) is 16.7 Å². The zero-order chi connectivity index (χ0) is 16.6. The number of aliphatic carboxylic acids is 1. The van der Waals surface area contributed by atoms with Crippen molar-refractivity contribution in [2.75, 3.05) is 13.1 Å². The molecule has 0 saturated carbocycles. The van der Waals surface area contributed by atoms with E-state index in [1.807, 2.05) is 17.5 Å². The van der Waals surface area contributed by atoms with Crippen molar-refractivity contribution in [1.82, 2.24) is 9.88 Å². The van der Waals surface area contributed by atoms with Gasteiger partial charge in [-0.3, -0.25) is 9.69 Å². The van der Waals surface area contributed by atoms with Gasteiger partial charge in [-0.05, 0) is 11.4 Å². The summed E-state index contributed by atoms with van der Waals surface area (Å²) in [4.78, 5) is 18.8. The summed E-state index contributed by atoms with van der Waals surface area (Å²) in [5.74, 6) is -4.61. The molecule has 0 spiro atoms. The van der Waals surface area contributed by atoms with E-state index in [4.69, 9.17) is 5.11 Å². The number of hydrogen-bond acceptors (Lipinski definition) is 5. The van der Waals surface area contributed by atoms with Crippen LogP contribution in [-0.2, 0) is 11.3 Å². The smallest absolute Gasteiger partial charge is 0.393 e. The molecule has 2 aromatic heterocycles. The fourth-order valence-electron chi connectivity index (χ4n) is 2.71. The van der Waals surface area contributed by atoms with Crippen LogP contribution in [0.4, 0.5) is 13.2 Å². The fraction of sp³-hybridized carbons (Fsp3) is 0.429. The number of alkyl halides is 3. The molecule has 1 fully saturated rings. The van der Waals surface area contributed by atoms with E-state index in [0.29, 0.717) is 6.54 Å². The van der Waals surface area contributed by atoms with Gasteiger partial charge in [0.1, 0.15) is 5.01 Å². The molecule has 23 heavy (non-hydrogen) atoms. The van der Waals surface area contributed by atoms with Gasteiger partial charge in [0.25, 0.3) is 0 Å². The predicted molar refractivity (Wildman–Crippen MR) is 81.4 cm³/mol. The number of aromatic nitrogens is 1. The Kier molecular flexibility index (Phi) is 4.43. The van der Waals surface area contributed by atoms with Crippen molar-refractivity contribution in [3.05, 3.63) is 28.6 Å². The lowest BCUT2D eigenvalue weighted by Crippen LogP contribution is -2.33. The molecule has 4 nitrogen and oxygen atoms in total. The van der Waals surface area contributed by atoms with Crippen LogP contribution in [0.5, 0.6) is 0 Å². The molecule has 1 N–H and O–H groups in total. The summed E-state index contributed by atoms with van der Waals surface area (Å²) in [6.45, 7) is -0.0855. The number of rotatable bonds is 4. The molecule has 1 aliphatic rings. The maximum atomic E-state index is 13.0. The van der Waals surface area contributed by atoms with Gasteiger partial charge in [0.15, 0.2) is 0 Å². The van der Waals surface area contributed by atoms with Crippen molar-refractivity contribution < 1.29 is 23.1 Å². The molecule has 0 amide bonds. The van der Waals surface area contributed by atoms with Crippen molar-refractivity contribution in [1.29, 1.82) is 0 Å². The first-order valence-corrected chi connectivity index (χ1v) is 8.54. The Morgan fingerprint density at radius 1 is 1.43 bits per heavy atom. The van der Waals surface area contributed by atoms with Gasteiger partial charge in [-0.15, -0.1) is 22.7 Å². The van der Waals surface area contributed by atoms with Crippen LogP contribution in [0.15, 0.2) is 23.7 Å². The molecule has 0 radical (unpaired) electrons. The SMILES string of the molecule is O=C(O)[C@@H]1CN(Cc2cnc(-c3cccs3)s2)C[C@H]1C(F)(F)F. The van der Waals surface area contributed by atoms with Gasteiger partial charge < -0.3 is 5.11 Å². The Bertz CT molecular complexity index is 685. The van der Waals surface area contributed by atoms with E-state index < -0.39 is 24.0 Å². The summed E-state index contributed by atoms with van der Waals surface area (Å²) < 4.78 is 38.9. The highest BCUT2D eigenvalue weighted by atomic mass is 32.1. The normalized spacial score (nSPS) is 22.6. The Balaban J connectivity index is 1.70. The molecular weight excluding hydrogens is 349 g/mol. The maximum Gasteiger partial charge on any atom is 0.393 e. The Morgan fingerprint density at radius 3 is 2.78 bits per heavy atom. The summed E-state index contributed by atoms with van der Waals surface area (Å²) in [5, 5.41) is 11.8. The molecule has 9 heteroatoms.